The second-order valence-electron chi connectivity index (χ2n) is 9.12. The number of nitrogens with one attached hydrogen (secondary N) is 2. The minimum atomic E-state index is -0.884. The van der Waals surface area contributed by atoms with Gasteiger partial charge in [0.2, 0.25) is 0 Å². The summed E-state index contributed by atoms with van der Waals surface area (Å²) in [6.45, 7) is 6.73. The lowest BCUT2D eigenvalue weighted by Crippen LogP contribution is -2.40. The first-order valence-electron chi connectivity index (χ1n) is 11.8. The number of H-pyrrole nitrogens is 1. The molecule has 1 aromatic carbocycles. The fraction of sp³-hybridized carbons (Fsp3) is 0.308. The number of pyridine rings is 2. The minimum absolute atomic E-state index is 0.254. The zero-order valence-corrected chi connectivity index (χ0v) is 21.5. The van der Waals surface area contributed by atoms with E-state index in [4.69, 9.17) is 25.9 Å². The predicted molar refractivity (Wildman–Crippen MR) is 140 cm³/mol. The van der Waals surface area contributed by atoms with E-state index in [0.717, 1.165) is 37.6 Å². The van der Waals surface area contributed by atoms with Crippen molar-refractivity contribution >= 4 is 34.4 Å². The van der Waals surface area contributed by atoms with E-state index in [-0.39, 0.29) is 11.9 Å². The average Bonchev–Trinajstić information content (AvgIpc) is 3.30. The highest BCUT2D eigenvalue weighted by atomic mass is 35.5. The molecule has 1 amide bonds. The molecule has 0 atom stereocenters. The molecule has 0 spiro atoms. The Hall–Kier alpha value is -3.73. The van der Waals surface area contributed by atoms with Crippen LogP contribution < -0.4 is 15.1 Å². The van der Waals surface area contributed by atoms with Crippen LogP contribution in [0.15, 0.2) is 48.7 Å². The van der Waals surface area contributed by atoms with Crippen LogP contribution in [0, 0.1) is 0 Å². The highest BCUT2D eigenvalue weighted by Gasteiger charge is 2.31. The molecule has 5 rings (SSSR count). The zero-order chi connectivity index (χ0) is 26.0. The number of nitrogens with zero attached hydrogens (tertiary/aromatic N) is 4. The molecular weight excluding hydrogens is 496 g/mol. The van der Waals surface area contributed by atoms with Crippen LogP contribution in [0.1, 0.15) is 19.5 Å². The van der Waals surface area contributed by atoms with E-state index in [1.54, 1.807) is 32.0 Å². The third-order valence-electron chi connectivity index (χ3n) is 6.28. The molecule has 1 fully saturated rings. The number of hydrogen-bond acceptors (Lipinski definition) is 8. The molecule has 0 saturated carbocycles. The molecule has 0 bridgehead atoms. The molecule has 1 saturated heterocycles. The van der Waals surface area contributed by atoms with Gasteiger partial charge >= 0.3 is 6.01 Å². The summed E-state index contributed by atoms with van der Waals surface area (Å²) in [7, 11) is 1.39. The van der Waals surface area contributed by atoms with Crippen molar-refractivity contribution in [3.63, 3.8) is 0 Å². The van der Waals surface area contributed by atoms with Gasteiger partial charge in [-0.3, -0.25) is 14.6 Å². The number of carbonyl (C=O) groups excluding carboxylic acids is 1. The first-order chi connectivity index (χ1) is 17.8. The van der Waals surface area contributed by atoms with Gasteiger partial charge in [-0.15, -0.1) is 0 Å². The zero-order valence-electron chi connectivity index (χ0n) is 20.7. The van der Waals surface area contributed by atoms with Crippen LogP contribution >= 0.6 is 11.6 Å². The Labute approximate surface area is 218 Å². The second-order valence-corrected chi connectivity index (χ2v) is 9.53. The number of aromatic amines is 1. The van der Waals surface area contributed by atoms with Crippen LogP contribution in [0.3, 0.4) is 0 Å². The number of aromatic nitrogens is 4. The van der Waals surface area contributed by atoms with Gasteiger partial charge in [-0.25, -0.2) is 10.5 Å². The SMILES string of the molecule is CONC(=O)C(C)(C)c1ccc(Oc2nc3nc(-c4ccc(N5CCOCC5)cc4)c(Cl)cc3[nH]2)cn1. The summed E-state index contributed by atoms with van der Waals surface area (Å²) in [6, 6.07) is 13.6. The Bertz CT molecular complexity index is 1400. The summed E-state index contributed by atoms with van der Waals surface area (Å²) in [5, 5.41) is 0.504. The molecule has 0 aliphatic carbocycles. The van der Waals surface area contributed by atoms with Crippen LogP contribution in [0.25, 0.3) is 22.4 Å². The molecule has 1 aliphatic rings. The lowest BCUT2D eigenvalue weighted by atomic mass is 9.88. The molecule has 0 unspecified atom stereocenters. The maximum Gasteiger partial charge on any atom is 0.301 e. The summed E-state index contributed by atoms with van der Waals surface area (Å²) in [5.41, 5.74) is 5.83. The van der Waals surface area contributed by atoms with Gasteiger partial charge in [-0.1, -0.05) is 23.7 Å². The van der Waals surface area contributed by atoms with Crippen molar-refractivity contribution in [2.75, 3.05) is 38.3 Å². The van der Waals surface area contributed by atoms with Crippen molar-refractivity contribution in [1.82, 2.24) is 25.4 Å². The molecule has 3 aromatic heterocycles. The third kappa shape index (κ3) is 5.22. The van der Waals surface area contributed by atoms with Gasteiger partial charge in [0.25, 0.3) is 5.91 Å². The lowest BCUT2D eigenvalue weighted by molar-refractivity contribution is -0.136. The normalized spacial score (nSPS) is 14.1. The van der Waals surface area contributed by atoms with Crippen molar-refractivity contribution in [3.8, 4) is 23.0 Å². The largest absolute Gasteiger partial charge is 0.424 e. The lowest BCUT2D eigenvalue weighted by Gasteiger charge is -2.28. The maximum atomic E-state index is 12.2. The van der Waals surface area contributed by atoms with Crippen LogP contribution in [0.2, 0.25) is 5.02 Å². The van der Waals surface area contributed by atoms with Crippen molar-refractivity contribution in [1.29, 1.82) is 0 Å². The standard InChI is InChI=1S/C26H27ClN6O4/c1-26(2,24(34)32-35-3)21-9-8-18(15-28-21)37-25-29-20-14-19(27)22(30-23(20)31-25)16-4-6-17(7-5-16)33-10-12-36-13-11-33/h4-9,14-15H,10-13H2,1-3H3,(H,32,34)(H,29,30,31). The number of halogens is 1. The summed E-state index contributed by atoms with van der Waals surface area (Å²) in [5.74, 6) is 0.152. The monoisotopic (exact) mass is 522 g/mol. The van der Waals surface area contributed by atoms with Gasteiger partial charge in [-0.2, -0.15) is 4.98 Å². The van der Waals surface area contributed by atoms with E-state index < -0.39 is 5.41 Å². The van der Waals surface area contributed by atoms with Gasteiger partial charge < -0.3 is 19.4 Å². The number of ether oxygens (including phenoxy) is 2. The molecular formula is C26H27ClN6O4. The second kappa shape index (κ2) is 10.3. The molecule has 11 heteroatoms. The van der Waals surface area contributed by atoms with Crippen LogP contribution in [0.5, 0.6) is 11.8 Å². The number of imidazole rings is 1. The van der Waals surface area contributed by atoms with Gasteiger partial charge in [0.05, 0.1) is 53.9 Å². The first kappa shape index (κ1) is 24.9. The number of morpholine rings is 1. The predicted octanol–water partition coefficient (Wildman–Crippen LogP) is 4.26. The number of anilines is 1. The number of amides is 1. The highest BCUT2D eigenvalue weighted by molar-refractivity contribution is 6.33. The summed E-state index contributed by atoms with van der Waals surface area (Å²) < 4.78 is 11.3. The van der Waals surface area contributed by atoms with Crippen LogP contribution in [0.4, 0.5) is 5.69 Å². The van der Waals surface area contributed by atoms with Crippen molar-refractivity contribution in [2.45, 2.75) is 19.3 Å². The van der Waals surface area contributed by atoms with Crippen molar-refractivity contribution in [3.05, 3.63) is 59.4 Å². The number of hydroxylamine groups is 1. The summed E-state index contributed by atoms with van der Waals surface area (Å²) in [4.78, 5) is 35.9. The Morgan fingerprint density at radius 1 is 1.14 bits per heavy atom. The quantitative estimate of drug-likeness (QED) is 0.346. The molecule has 37 heavy (non-hydrogen) atoms. The van der Waals surface area contributed by atoms with Gasteiger partial charge in [-0.05, 0) is 44.2 Å². The first-order valence-corrected chi connectivity index (χ1v) is 12.2. The molecule has 1 aliphatic heterocycles. The van der Waals surface area contributed by atoms with Crippen molar-refractivity contribution < 1.29 is 19.1 Å². The van der Waals surface area contributed by atoms with Gasteiger partial charge in [0.1, 0.15) is 5.75 Å². The topological polar surface area (TPSA) is 114 Å². The van der Waals surface area contributed by atoms with Gasteiger partial charge in [0, 0.05) is 24.3 Å². The highest BCUT2D eigenvalue weighted by Crippen LogP contribution is 2.32. The average molecular weight is 523 g/mol. The third-order valence-corrected chi connectivity index (χ3v) is 6.56. The Morgan fingerprint density at radius 2 is 1.89 bits per heavy atom. The number of benzene rings is 1. The Balaban J connectivity index is 1.33. The van der Waals surface area contributed by atoms with Crippen LogP contribution in [-0.2, 0) is 19.8 Å². The molecule has 4 aromatic rings. The Kier molecular flexibility index (Phi) is 6.96. The van der Waals surface area contributed by atoms with E-state index in [9.17, 15) is 4.79 Å². The number of rotatable bonds is 7. The number of hydrogen-bond donors (Lipinski definition) is 2. The molecule has 2 N–H and O–H groups in total. The van der Waals surface area contributed by atoms with E-state index in [2.05, 4.69) is 42.4 Å². The molecule has 4 heterocycles. The fourth-order valence-electron chi connectivity index (χ4n) is 4.06. The molecule has 10 nitrogen and oxygen atoms in total. The fourth-order valence-corrected chi connectivity index (χ4v) is 4.32. The number of fused-ring (bicyclic) bond motifs is 1. The maximum absolute atomic E-state index is 12.2. The van der Waals surface area contributed by atoms with E-state index in [1.165, 1.54) is 13.3 Å². The Morgan fingerprint density at radius 3 is 2.57 bits per heavy atom. The molecule has 0 radical (unpaired) electrons. The number of carbonyl (C=O) groups is 1. The van der Waals surface area contributed by atoms with E-state index in [0.29, 0.717) is 33.3 Å². The van der Waals surface area contributed by atoms with Gasteiger partial charge in [0.15, 0.2) is 5.65 Å². The minimum Gasteiger partial charge on any atom is -0.424 e. The summed E-state index contributed by atoms with van der Waals surface area (Å²) >= 11 is 6.57. The summed E-state index contributed by atoms with van der Waals surface area (Å²) in [6.07, 6.45) is 1.53. The van der Waals surface area contributed by atoms with E-state index >= 15 is 0 Å². The van der Waals surface area contributed by atoms with E-state index in [1.807, 2.05) is 12.1 Å². The van der Waals surface area contributed by atoms with Crippen molar-refractivity contribution in [2.24, 2.45) is 0 Å². The van der Waals surface area contributed by atoms with Crippen LogP contribution in [-0.4, -0.2) is 59.3 Å². The smallest absolute Gasteiger partial charge is 0.301 e. The molecule has 192 valence electrons.